The van der Waals surface area contributed by atoms with Crippen molar-refractivity contribution >= 4 is 17.9 Å². The van der Waals surface area contributed by atoms with Crippen molar-refractivity contribution in [2.45, 2.75) is 334 Å². The molecule has 0 aromatic carbocycles. The van der Waals surface area contributed by atoms with Crippen molar-refractivity contribution in [2.75, 3.05) is 47.5 Å². The van der Waals surface area contributed by atoms with Gasteiger partial charge in [-0.3, -0.25) is 9.59 Å². The zero-order chi connectivity index (χ0) is 66.1. The molecule has 0 rings (SSSR count). The van der Waals surface area contributed by atoms with Crippen molar-refractivity contribution in [2.24, 2.45) is 0 Å². The molecule has 1 N–H and O–H groups in total. The topological polar surface area (TPSA) is 108 Å². The summed E-state index contributed by atoms with van der Waals surface area (Å²) < 4.78 is 23.0. The second kappa shape index (κ2) is 71.5. The van der Waals surface area contributed by atoms with Gasteiger partial charge in [-0.25, -0.2) is 4.79 Å². The molecule has 0 heterocycles. The molecule has 0 fully saturated rings. The third-order valence-corrected chi connectivity index (χ3v) is 16.2. The van der Waals surface area contributed by atoms with Crippen LogP contribution in [0.25, 0.3) is 0 Å². The third kappa shape index (κ3) is 73.0. The van der Waals surface area contributed by atoms with Gasteiger partial charge in [0.2, 0.25) is 0 Å². The lowest BCUT2D eigenvalue weighted by molar-refractivity contribution is -0.870. The molecule has 9 heteroatoms. The molecule has 0 saturated carbocycles. The maximum Gasteiger partial charge on any atom is 0.361 e. The lowest BCUT2D eigenvalue weighted by Gasteiger charge is -2.25. The Morgan fingerprint density at radius 3 is 0.879 bits per heavy atom. The van der Waals surface area contributed by atoms with E-state index in [9.17, 15) is 19.5 Å². The minimum Gasteiger partial charge on any atom is -0.477 e. The van der Waals surface area contributed by atoms with E-state index in [0.29, 0.717) is 17.4 Å². The lowest BCUT2D eigenvalue weighted by atomic mass is 10.0. The minimum absolute atomic E-state index is 0.184. The van der Waals surface area contributed by atoms with Gasteiger partial charge in [0.1, 0.15) is 13.2 Å². The standard InChI is InChI=1S/C82H141NO8/c1-6-8-10-12-14-16-18-20-22-24-26-28-30-32-33-34-35-36-37-38-39-40-41-42-43-44-45-46-47-49-51-53-55-57-59-61-63-65-67-69-71-73-80(85)91-78(77-90-82(81(86)87)88-75-74-83(3,4)5)76-89-79(84)72-70-68-66-64-62-60-58-56-54-52-50-48-31-29-27-25-23-21-19-17-15-13-11-9-7-2/h8-11,14-17,20-23,26-29,32-33,48,50,78,82H,6-7,12-13,18-19,24-25,30-31,34-47,49,51-77H2,1-5H3/p+1/b10-8-,11-9-,16-14-,17-15-,22-20-,23-21-,28-26-,29-27-,33-32-,50-48-. The minimum atomic E-state index is -1.52. The first-order chi connectivity index (χ1) is 44.6. The van der Waals surface area contributed by atoms with Crippen molar-refractivity contribution in [3.63, 3.8) is 0 Å². The number of quaternary nitrogens is 1. The Morgan fingerprint density at radius 1 is 0.330 bits per heavy atom. The Kier molecular flexibility index (Phi) is 68.1. The second-order valence-corrected chi connectivity index (χ2v) is 26.2. The molecule has 0 aliphatic heterocycles. The number of carbonyl (C=O) groups is 3. The first-order valence-electron chi connectivity index (χ1n) is 37.7. The van der Waals surface area contributed by atoms with Crippen LogP contribution in [0.4, 0.5) is 0 Å². The SMILES string of the molecule is CC/C=C\C/C=C\C/C=C\C/C=C\C/C=C\CCCCCCCCCCCCCCCCCCCCCCCCCCCC(=O)OC(COC(=O)CCCCCCCCCCC/C=C\C/C=C\C/C=C\C/C=C\C/C=C\CC)COC(OCC[N+](C)(C)C)C(=O)O. The molecule has 522 valence electrons. The van der Waals surface area contributed by atoms with Crippen LogP contribution < -0.4 is 0 Å². The highest BCUT2D eigenvalue weighted by Crippen LogP contribution is 2.18. The quantitative estimate of drug-likeness (QED) is 0.0211. The van der Waals surface area contributed by atoms with E-state index in [1.807, 2.05) is 21.1 Å². The van der Waals surface area contributed by atoms with Crippen LogP contribution in [0.15, 0.2) is 122 Å². The molecule has 0 radical (unpaired) electrons. The highest BCUT2D eigenvalue weighted by molar-refractivity contribution is 5.71. The van der Waals surface area contributed by atoms with Crippen molar-refractivity contribution < 1.29 is 42.9 Å². The van der Waals surface area contributed by atoms with E-state index in [1.54, 1.807) is 0 Å². The van der Waals surface area contributed by atoms with Gasteiger partial charge in [0.15, 0.2) is 6.10 Å². The number of nitrogens with zero attached hydrogens (tertiary/aromatic N) is 1. The Bertz CT molecular complexity index is 1910. The summed E-state index contributed by atoms with van der Waals surface area (Å²) in [6.07, 6.45) is 99.1. The largest absolute Gasteiger partial charge is 0.477 e. The van der Waals surface area contributed by atoms with Gasteiger partial charge >= 0.3 is 17.9 Å². The molecule has 0 bridgehead atoms. The maximum absolute atomic E-state index is 13.0. The van der Waals surface area contributed by atoms with E-state index in [1.165, 1.54) is 180 Å². The van der Waals surface area contributed by atoms with E-state index in [0.717, 1.165) is 116 Å². The number of allylic oxidation sites excluding steroid dienone is 20. The van der Waals surface area contributed by atoms with Crippen LogP contribution in [0.2, 0.25) is 0 Å². The van der Waals surface area contributed by atoms with Crippen molar-refractivity contribution in [1.29, 1.82) is 0 Å². The number of carboxylic acids is 1. The lowest BCUT2D eigenvalue weighted by Crippen LogP contribution is -2.40. The monoisotopic (exact) mass is 1270 g/mol. The average Bonchev–Trinajstić information content (AvgIpc) is 3.53. The number of carbonyl (C=O) groups excluding carboxylic acids is 2. The molecular weight excluding hydrogens is 1130 g/mol. The van der Waals surface area contributed by atoms with Gasteiger partial charge in [-0.1, -0.05) is 328 Å². The van der Waals surface area contributed by atoms with Crippen LogP contribution in [0.1, 0.15) is 322 Å². The van der Waals surface area contributed by atoms with Crippen LogP contribution in [-0.4, -0.2) is 87.4 Å². The van der Waals surface area contributed by atoms with E-state index in [4.69, 9.17) is 18.9 Å². The number of carboxylic acid groups (broad SMARTS) is 1. The first kappa shape index (κ1) is 86.7. The number of likely N-dealkylation sites (N-methyl/N-ethyl adjacent to an activating group) is 1. The van der Waals surface area contributed by atoms with E-state index in [2.05, 4.69) is 135 Å². The summed E-state index contributed by atoms with van der Waals surface area (Å²) in [6, 6.07) is 0. The predicted octanol–water partition coefficient (Wildman–Crippen LogP) is 23.9. The summed E-state index contributed by atoms with van der Waals surface area (Å²) in [6.45, 7) is 4.67. The highest BCUT2D eigenvalue weighted by atomic mass is 16.7. The van der Waals surface area contributed by atoms with Crippen LogP contribution in [0.3, 0.4) is 0 Å². The van der Waals surface area contributed by atoms with Gasteiger partial charge in [-0.2, -0.15) is 0 Å². The van der Waals surface area contributed by atoms with Crippen molar-refractivity contribution in [3.05, 3.63) is 122 Å². The van der Waals surface area contributed by atoms with Crippen LogP contribution in [-0.2, 0) is 33.3 Å². The summed E-state index contributed by atoms with van der Waals surface area (Å²) >= 11 is 0. The van der Waals surface area contributed by atoms with Gasteiger partial charge in [-0.15, -0.1) is 0 Å². The summed E-state index contributed by atoms with van der Waals surface area (Å²) in [5, 5.41) is 9.76. The Hall–Kier alpha value is -4.31. The van der Waals surface area contributed by atoms with Gasteiger partial charge in [0, 0.05) is 12.8 Å². The number of esters is 2. The fourth-order valence-corrected chi connectivity index (χ4v) is 10.5. The molecule has 0 amide bonds. The predicted molar refractivity (Wildman–Crippen MR) is 391 cm³/mol. The molecule has 2 unspecified atom stereocenters. The molecule has 0 aromatic heterocycles. The smallest absolute Gasteiger partial charge is 0.361 e. The number of unbranched alkanes of at least 4 members (excludes halogenated alkanes) is 34. The Labute approximate surface area is 561 Å². The molecule has 2 atom stereocenters. The second-order valence-electron chi connectivity index (χ2n) is 26.2. The van der Waals surface area contributed by atoms with Crippen LogP contribution in [0, 0.1) is 0 Å². The normalized spacial score (nSPS) is 13.4. The maximum atomic E-state index is 13.0. The van der Waals surface area contributed by atoms with Crippen molar-refractivity contribution in [1.82, 2.24) is 0 Å². The molecule has 0 saturated heterocycles. The van der Waals surface area contributed by atoms with Crippen molar-refractivity contribution in [3.8, 4) is 0 Å². The van der Waals surface area contributed by atoms with Gasteiger partial charge in [-0.05, 0) is 103 Å². The molecule has 9 nitrogen and oxygen atoms in total. The van der Waals surface area contributed by atoms with E-state index < -0.39 is 24.3 Å². The van der Waals surface area contributed by atoms with Crippen LogP contribution in [0.5, 0.6) is 0 Å². The third-order valence-electron chi connectivity index (χ3n) is 16.2. The molecule has 91 heavy (non-hydrogen) atoms. The molecule has 0 aliphatic rings. The summed E-state index contributed by atoms with van der Waals surface area (Å²) in [5.74, 6) is -2.00. The summed E-state index contributed by atoms with van der Waals surface area (Å²) in [4.78, 5) is 37.7. The molecular formula is C82H142NO8+. The summed E-state index contributed by atoms with van der Waals surface area (Å²) in [7, 11) is 5.98. The molecule has 0 aromatic rings. The van der Waals surface area contributed by atoms with Gasteiger partial charge in [0.05, 0.1) is 34.4 Å². The number of aliphatic carboxylic acids is 1. The zero-order valence-corrected chi connectivity index (χ0v) is 59.7. The Morgan fingerprint density at radius 2 is 0.593 bits per heavy atom. The number of hydrogen-bond donors (Lipinski definition) is 1. The first-order valence-corrected chi connectivity index (χ1v) is 37.7. The molecule has 0 aliphatic carbocycles. The fourth-order valence-electron chi connectivity index (χ4n) is 10.5. The summed E-state index contributed by atoms with van der Waals surface area (Å²) in [5.41, 5.74) is 0. The average molecular weight is 1270 g/mol. The highest BCUT2D eigenvalue weighted by Gasteiger charge is 2.25. The van der Waals surface area contributed by atoms with Gasteiger partial charge in [0.25, 0.3) is 6.29 Å². The number of hydrogen-bond acceptors (Lipinski definition) is 7. The van der Waals surface area contributed by atoms with E-state index in [-0.39, 0.29) is 32.2 Å². The van der Waals surface area contributed by atoms with Crippen LogP contribution >= 0.6 is 0 Å². The zero-order valence-electron chi connectivity index (χ0n) is 59.7. The number of ether oxygens (including phenoxy) is 4. The molecule has 0 spiro atoms. The van der Waals surface area contributed by atoms with Gasteiger partial charge < -0.3 is 28.5 Å². The number of rotatable bonds is 69. The van der Waals surface area contributed by atoms with E-state index >= 15 is 0 Å². The fraction of sp³-hybridized carbons (Fsp3) is 0.720. The Balaban J connectivity index is 4.01.